The quantitative estimate of drug-likeness (QED) is 0.596. The molecule has 0 aliphatic carbocycles. The molecule has 0 spiro atoms. The van der Waals surface area contributed by atoms with Crippen LogP contribution in [0.2, 0.25) is 0 Å². The minimum atomic E-state index is -0.0195. The molecule has 0 saturated heterocycles. The predicted octanol–water partition coefficient (Wildman–Crippen LogP) is 3.36. The Bertz CT molecular complexity index is 758. The van der Waals surface area contributed by atoms with Crippen molar-refractivity contribution in [1.29, 1.82) is 0 Å². The second-order valence-corrected chi connectivity index (χ2v) is 7.16. The molecule has 0 unspecified atom stereocenters. The van der Waals surface area contributed by atoms with Crippen molar-refractivity contribution in [2.45, 2.75) is 18.7 Å². The molecule has 1 N–H and O–H groups in total. The maximum atomic E-state index is 12.0. The fourth-order valence-corrected chi connectivity index (χ4v) is 3.44. The lowest BCUT2D eigenvalue weighted by Gasteiger charge is -2.18. The zero-order valence-electron chi connectivity index (χ0n) is 15.0. The lowest BCUT2D eigenvalue weighted by molar-refractivity contribution is -0.118. The van der Waals surface area contributed by atoms with Crippen molar-refractivity contribution in [2.24, 2.45) is 0 Å². The number of hydrogen-bond donors (Lipinski definition) is 1. The van der Waals surface area contributed by atoms with Gasteiger partial charge in [-0.3, -0.25) is 4.79 Å². The number of benzene rings is 2. The van der Waals surface area contributed by atoms with Crippen LogP contribution in [0.25, 0.3) is 0 Å². The van der Waals surface area contributed by atoms with Gasteiger partial charge in [0.05, 0.1) is 12.3 Å². The summed E-state index contributed by atoms with van der Waals surface area (Å²) in [6, 6.07) is 11.8. The first kappa shape index (κ1) is 18.5. The van der Waals surface area contributed by atoms with Crippen LogP contribution in [0.3, 0.4) is 0 Å². The Labute approximate surface area is 158 Å². The molecule has 1 heterocycles. The predicted molar refractivity (Wildman–Crippen MR) is 103 cm³/mol. The van der Waals surface area contributed by atoms with Crippen molar-refractivity contribution in [3.63, 3.8) is 0 Å². The Morgan fingerprint density at radius 1 is 1.08 bits per heavy atom. The molecular formula is C20H23NO4S. The van der Waals surface area contributed by atoms with Crippen LogP contribution in [0.4, 0.5) is 0 Å². The van der Waals surface area contributed by atoms with Crippen molar-refractivity contribution >= 4 is 17.7 Å². The van der Waals surface area contributed by atoms with E-state index in [1.54, 1.807) is 0 Å². The van der Waals surface area contributed by atoms with Crippen LogP contribution in [0.5, 0.6) is 17.2 Å². The lowest BCUT2D eigenvalue weighted by Crippen LogP contribution is -2.29. The Balaban J connectivity index is 1.38. The van der Waals surface area contributed by atoms with Crippen LogP contribution in [0, 0.1) is 13.8 Å². The number of amides is 1. The van der Waals surface area contributed by atoms with Gasteiger partial charge in [-0.25, -0.2) is 0 Å². The van der Waals surface area contributed by atoms with Gasteiger partial charge in [0.2, 0.25) is 5.91 Å². The summed E-state index contributed by atoms with van der Waals surface area (Å²) in [5.74, 6) is 2.66. The van der Waals surface area contributed by atoms with Crippen LogP contribution in [0.1, 0.15) is 11.1 Å². The number of thioether (sulfide) groups is 1. The topological polar surface area (TPSA) is 56.8 Å². The number of ether oxygens (including phenoxy) is 3. The standard InChI is InChI=1S/C20H23NO4S/c1-14-9-15(2)11-16(10-14)23-6-5-21-20(22)13-26-17-3-4-18-19(12-17)25-8-7-24-18/h3-4,9-12H,5-8,13H2,1-2H3,(H,21,22). The Morgan fingerprint density at radius 2 is 1.81 bits per heavy atom. The van der Waals surface area contributed by atoms with E-state index in [0.717, 1.165) is 22.1 Å². The third-order valence-electron chi connectivity index (χ3n) is 3.77. The molecule has 1 aliphatic heterocycles. The molecule has 0 fully saturated rings. The molecule has 138 valence electrons. The highest BCUT2D eigenvalue weighted by Crippen LogP contribution is 2.34. The number of hydrogen-bond acceptors (Lipinski definition) is 5. The SMILES string of the molecule is Cc1cc(C)cc(OCCNC(=O)CSc2ccc3c(c2)OCCO3)c1. The molecule has 1 aliphatic rings. The average Bonchev–Trinajstić information content (AvgIpc) is 2.62. The minimum Gasteiger partial charge on any atom is -0.492 e. The van der Waals surface area contributed by atoms with E-state index >= 15 is 0 Å². The first-order valence-corrected chi connectivity index (χ1v) is 9.59. The zero-order valence-corrected chi connectivity index (χ0v) is 15.9. The van der Waals surface area contributed by atoms with Gasteiger partial charge in [0.25, 0.3) is 0 Å². The maximum Gasteiger partial charge on any atom is 0.230 e. The van der Waals surface area contributed by atoms with E-state index in [2.05, 4.69) is 11.4 Å². The maximum absolute atomic E-state index is 12.0. The summed E-state index contributed by atoms with van der Waals surface area (Å²) < 4.78 is 16.7. The number of nitrogens with one attached hydrogen (secondary N) is 1. The average molecular weight is 373 g/mol. The summed E-state index contributed by atoms with van der Waals surface area (Å²) in [7, 11) is 0. The normalized spacial score (nSPS) is 12.5. The molecule has 0 atom stereocenters. The van der Waals surface area contributed by atoms with E-state index in [0.29, 0.717) is 32.1 Å². The van der Waals surface area contributed by atoms with Crippen LogP contribution < -0.4 is 19.5 Å². The van der Waals surface area contributed by atoms with E-state index in [4.69, 9.17) is 14.2 Å². The van der Waals surface area contributed by atoms with E-state index in [-0.39, 0.29) is 5.91 Å². The van der Waals surface area contributed by atoms with Gasteiger partial charge in [0.15, 0.2) is 11.5 Å². The molecule has 0 aromatic heterocycles. The molecule has 0 radical (unpaired) electrons. The molecule has 0 saturated carbocycles. The van der Waals surface area contributed by atoms with Crippen LogP contribution in [-0.4, -0.2) is 38.0 Å². The Morgan fingerprint density at radius 3 is 2.58 bits per heavy atom. The zero-order chi connectivity index (χ0) is 18.4. The number of aryl methyl sites for hydroxylation is 2. The molecule has 2 aromatic carbocycles. The fraction of sp³-hybridized carbons (Fsp3) is 0.350. The highest BCUT2D eigenvalue weighted by Gasteiger charge is 2.12. The molecule has 0 bridgehead atoms. The van der Waals surface area contributed by atoms with Gasteiger partial charge in [-0.1, -0.05) is 6.07 Å². The molecule has 6 heteroatoms. The summed E-state index contributed by atoms with van der Waals surface area (Å²) in [6.45, 7) is 6.14. The van der Waals surface area contributed by atoms with Crippen molar-refractivity contribution in [1.82, 2.24) is 5.32 Å². The molecule has 3 rings (SSSR count). The van der Waals surface area contributed by atoms with E-state index in [9.17, 15) is 4.79 Å². The highest BCUT2D eigenvalue weighted by atomic mass is 32.2. The van der Waals surface area contributed by atoms with Crippen LogP contribution in [0.15, 0.2) is 41.3 Å². The van der Waals surface area contributed by atoms with Gasteiger partial charge in [-0.05, 0) is 55.3 Å². The van der Waals surface area contributed by atoms with Crippen molar-refractivity contribution < 1.29 is 19.0 Å². The van der Waals surface area contributed by atoms with Gasteiger partial charge in [-0.2, -0.15) is 0 Å². The lowest BCUT2D eigenvalue weighted by atomic mass is 10.1. The second kappa shape index (κ2) is 8.85. The van der Waals surface area contributed by atoms with Gasteiger partial charge >= 0.3 is 0 Å². The Kier molecular flexibility index (Phi) is 6.28. The van der Waals surface area contributed by atoms with Gasteiger partial charge < -0.3 is 19.5 Å². The summed E-state index contributed by atoms with van der Waals surface area (Å²) in [5.41, 5.74) is 2.33. The summed E-state index contributed by atoms with van der Waals surface area (Å²) >= 11 is 1.47. The first-order valence-electron chi connectivity index (χ1n) is 8.60. The second-order valence-electron chi connectivity index (χ2n) is 6.12. The van der Waals surface area contributed by atoms with Crippen molar-refractivity contribution in [2.75, 3.05) is 32.1 Å². The summed E-state index contributed by atoms with van der Waals surface area (Å²) in [5, 5.41) is 2.87. The molecular weight excluding hydrogens is 350 g/mol. The third-order valence-corrected chi connectivity index (χ3v) is 4.77. The van der Waals surface area contributed by atoms with Gasteiger partial charge in [0.1, 0.15) is 25.6 Å². The number of carbonyl (C=O) groups excluding carboxylic acids is 1. The van der Waals surface area contributed by atoms with Gasteiger partial charge in [-0.15, -0.1) is 11.8 Å². The number of carbonyl (C=O) groups is 1. The molecule has 1 amide bonds. The fourth-order valence-electron chi connectivity index (χ4n) is 2.69. The summed E-state index contributed by atoms with van der Waals surface area (Å²) in [6.07, 6.45) is 0. The van der Waals surface area contributed by atoms with Crippen molar-refractivity contribution in [3.8, 4) is 17.2 Å². The van der Waals surface area contributed by atoms with Crippen molar-refractivity contribution in [3.05, 3.63) is 47.5 Å². The minimum absolute atomic E-state index is 0.0195. The van der Waals surface area contributed by atoms with Crippen LogP contribution >= 0.6 is 11.8 Å². The van der Waals surface area contributed by atoms with Crippen LogP contribution in [-0.2, 0) is 4.79 Å². The third kappa shape index (κ3) is 5.33. The number of fused-ring (bicyclic) bond motifs is 1. The molecule has 26 heavy (non-hydrogen) atoms. The van der Waals surface area contributed by atoms with E-state index in [1.807, 2.05) is 44.2 Å². The Hall–Kier alpha value is -2.34. The first-order chi connectivity index (χ1) is 12.6. The highest BCUT2D eigenvalue weighted by molar-refractivity contribution is 8.00. The van der Waals surface area contributed by atoms with Gasteiger partial charge in [0, 0.05) is 4.90 Å². The van der Waals surface area contributed by atoms with E-state index < -0.39 is 0 Å². The molecule has 2 aromatic rings. The number of rotatable bonds is 7. The summed E-state index contributed by atoms with van der Waals surface area (Å²) in [4.78, 5) is 13.0. The molecule has 5 nitrogen and oxygen atoms in total. The monoisotopic (exact) mass is 373 g/mol. The largest absolute Gasteiger partial charge is 0.492 e. The van der Waals surface area contributed by atoms with E-state index in [1.165, 1.54) is 22.9 Å². The smallest absolute Gasteiger partial charge is 0.230 e.